The van der Waals surface area contributed by atoms with Gasteiger partial charge < -0.3 is 4.74 Å². The third-order valence-electron chi connectivity index (χ3n) is 10.4. The molecule has 1 heterocycles. The number of cyclic esters (lactones) is 1. The van der Waals surface area contributed by atoms with Crippen LogP contribution in [0.15, 0.2) is 0 Å². The van der Waals surface area contributed by atoms with E-state index in [1.165, 1.54) is 64.2 Å². The highest BCUT2D eigenvalue weighted by Crippen LogP contribution is 2.68. The molecule has 0 aromatic heterocycles. The van der Waals surface area contributed by atoms with Gasteiger partial charge in [-0.15, -0.1) is 0 Å². The van der Waals surface area contributed by atoms with E-state index >= 15 is 0 Å². The number of carbonyl (C=O) groups excluding carboxylic acids is 1. The molecule has 0 radical (unpaired) electrons. The van der Waals surface area contributed by atoms with Crippen LogP contribution in [-0.2, 0) is 9.53 Å². The van der Waals surface area contributed by atoms with Crippen molar-refractivity contribution >= 4 is 5.97 Å². The fourth-order valence-corrected chi connectivity index (χ4v) is 9.09. The minimum atomic E-state index is 0.0354. The van der Waals surface area contributed by atoms with E-state index < -0.39 is 0 Å². The molecule has 0 aromatic carbocycles. The molecule has 0 bridgehead atoms. The van der Waals surface area contributed by atoms with Crippen molar-refractivity contribution in [2.75, 3.05) is 6.61 Å². The number of esters is 1. The first-order chi connectivity index (χ1) is 12.5. The predicted octanol–water partition coefficient (Wildman–Crippen LogP) is 5.99. The Bertz CT molecular complexity index is 561. The fourth-order valence-electron chi connectivity index (χ4n) is 9.09. The van der Waals surface area contributed by atoms with E-state index in [2.05, 4.69) is 13.8 Å². The average Bonchev–Trinajstić information content (AvgIpc) is 2.99. The quantitative estimate of drug-likeness (QED) is 0.538. The molecule has 5 rings (SSSR count). The lowest BCUT2D eigenvalue weighted by atomic mass is 9.44. The number of fused-ring (bicyclic) bond motifs is 5. The molecule has 26 heavy (non-hydrogen) atoms. The van der Waals surface area contributed by atoms with E-state index in [4.69, 9.17) is 4.74 Å². The lowest BCUT2D eigenvalue weighted by Crippen LogP contribution is -2.53. The van der Waals surface area contributed by atoms with Crippen molar-refractivity contribution in [3.8, 4) is 0 Å². The van der Waals surface area contributed by atoms with Crippen LogP contribution in [0.1, 0.15) is 90.9 Å². The standard InChI is InChI=1S/C24H38O2/c1-23-13-4-3-5-17(23)7-8-18-20-10-9-19(16-6-11-22(25)26-15-16)24(20,2)14-12-21(18)23/h16-21H,3-15H2,1-2H3/t16-,17+,18-,19+,20+,21-,23-,24+/m0/s1. The molecule has 5 aliphatic rings. The summed E-state index contributed by atoms with van der Waals surface area (Å²) in [5.41, 5.74) is 1.17. The minimum absolute atomic E-state index is 0.0354. The van der Waals surface area contributed by atoms with Crippen LogP contribution in [0.2, 0.25) is 0 Å². The predicted molar refractivity (Wildman–Crippen MR) is 104 cm³/mol. The Morgan fingerprint density at radius 3 is 2.42 bits per heavy atom. The summed E-state index contributed by atoms with van der Waals surface area (Å²) in [4.78, 5) is 11.5. The third kappa shape index (κ3) is 2.46. The zero-order chi connectivity index (χ0) is 17.9. The highest BCUT2D eigenvalue weighted by Gasteiger charge is 2.60. The van der Waals surface area contributed by atoms with Gasteiger partial charge in [-0.3, -0.25) is 4.79 Å². The molecule has 0 unspecified atom stereocenters. The molecule has 146 valence electrons. The van der Waals surface area contributed by atoms with Crippen molar-refractivity contribution in [3.63, 3.8) is 0 Å². The highest BCUT2D eigenvalue weighted by atomic mass is 16.5. The van der Waals surface area contributed by atoms with Gasteiger partial charge in [0.1, 0.15) is 0 Å². The normalized spacial score (nSPS) is 54.0. The molecule has 4 aliphatic carbocycles. The summed E-state index contributed by atoms with van der Waals surface area (Å²) in [7, 11) is 0. The van der Waals surface area contributed by atoms with Gasteiger partial charge in [0, 0.05) is 6.42 Å². The Morgan fingerprint density at radius 1 is 0.808 bits per heavy atom. The summed E-state index contributed by atoms with van der Waals surface area (Å²) in [5, 5.41) is 0. The molecule has 2 heteroatoms. The number of rotatable bonds is 1. The van der Waals surface area contributed by atoms with Gasteiger partial charge in [0.25, 0.3) is 0 Å². The molecular formula is C24H38O2. The largest absolute Gasteiger partial charge is 0.465 e. The Morgan fingerprint density at radius 2 is 1.62 bits per heavy atom. The maximum absolute atomic E-state index is 11.5. The van der Waals surface area contributed by atoms with Gasteiger partial charge in [0.05, 0.1) is 6.61 Å². The molecule has 0 N–H and O–H groups in total. The second-order valence-corrected chi connectivity index (χ2v) is 11.1. The molecule has 1 aliphatic heterocycles. The summed E-state index contributed by atoms with van der Waals surface area (Å²) in [6.45, 7) is 6.03. The first-order valence-corrected chi connectivity index (χ1v) is 11.7. The van der Waals surface area contributed by atoms with Crippen LogP contribution >= 0.6 is 0 Å². The first kappa shape index (κ1) is 17.6. The second kappa shape index (κ2) is 6.24. The molecule has 0 amide bonds. The van der Waals surface area contributed by atoms with Crippen LogP contribution in [-0.4, -0.2) is 12.6 Å². The summed E-state index contributed by atoms with van der Waals surface area (Å²) >= 11 is 0. The van der Waals surface area contributed by atoms with Crippen LogP contribution in [0.4, 0.5) is 0 Å². The van der Waals surface area contributed by atoms with E-state index in [0.717, 1.165) is 36.0 Å². The number of hydrogen-bond donors (Lipinski definition) is 0. The van der Waals surface area contributed by atoms with E-state index in [1.54, 1.807) is 0 Å². The molecule has 0 aromatic rings. The van der Waals surface area contributed by atoms with Gasteiger partial charge in [-0.1, -0.05) is 26.7 Å². The van der Waals surface area contributed by atoms with Crippen LogP contribution < -0.4 is 0 Å². The first-order valence-electron chi connectivity index (χ1n) is 11.7. The number of hydrogen-bond acceptors (Lipinski definition) is 2. The van der Waals surface area contributed by atoms with Crippen LogP contribution in [0.3, 0.4) is 0 Å². The highest BCUT2D eigenvalue weighted by molar-refractivity contribution is 5.69. The Hall–Kier alpha value is -0.530. The van der Waals surface area contributed by atoms with Crippen molar-refractivity contribution in [1.29, 1.82) is 0 Å². The zero-order valence-corrected chi connectivity index (χ0v) is 17.0. The van der Waals surface area contributed by atoms with E-state index in [1.807, 2.05) is 0 Å². The summed E-state index contributed by atoms with van der Waals surface area (Å²) in [5.74, 6) is 5.44. The summed E-state index contributed by atoms with van der Waals surface area (Å²) < 4.78 is 5.48. The molecule has 5 fully saturated rings. The molecular weight excluding hydrogens is 320 g/mol. The Labute approximate surface area is 159 Å². The zero-order valence-electron chi connectivity index (χ0n) is 17.0. The van der Waals surface area contributed by atoms with E-state index in [-0.39, 0.29) is 5.97 Å². The summed E-state index contributed by atoms with van der Waals surface area (Å²) in [6.07, 6.45) is 16.5. The average molecular weight is 359 g/mol. The van der Waals surface area contributed by atoms with Gasteiger partial charge >= 0.3 is 5.97 Å². The molecule has 4 saturated carbocycles. The van der Waals surface area contributed by atoms with Crippen LogP contribution in [0, 0.1) is 46.3 Å². The lowest BCUT2D eigenvalue weighted by molar-refractivity contribution is -0.154. The van der Waals surface area contributed by atoms with Crippen LogP contribution in [0.25, 0.3) is 0 Å². The Kier molecular flexibility index (Phi) is 4.22. The van der Waals surface area contributed by atoms with Crippen molar-refractivity contribution in [3.05, 3.63) is 0 Å². The third-order valence-corrected chi connectivity index (χ3v) is 10.4. The lowest BCUT2D eigenvalue weighted by Gasteiger charge is -2.61. The fraction of sp³-hybridized carbons (Fsp3) is 0.958. The van der Waals surface area contributed by atoms with E-state index in [9.17, 15) is 4.79 Å². The number of carbonyl (C=O) groups is 1. The SMILES string of the molecule is C[C@]12CC[C@H]3[C@@H](CC[C@H]4CCCC[C@@]43C)[C@H]1CC[C@@H]2[C@H]1CCC(=O)OC1. The minimum Gasteiger partial charge on any atom is -0.465 e. The molecule has 2 nitrogen and oxygen atoms in total. The maximum Gasteiger partial charge on any atom is 0.305 e. The van der Waals surface area contributed by atoms with Gasteiger partial charge in [-0.05, 0) is 104 Å². The van der Waals surface area contributed by atoms with Crippen molar-refractivity contribution in [1.82, 2.24) is 0 Å². The van der Waals surface area contributed by atoms with Crippen LogP contribution in [0.5, 0.6) is 0 Å². The Balaban J connectivity index is 1.37. The maximum atomic E-state index is 11.5. The molecule has 8 atom stereocenters. The summed E-state index contributed by atoms with van der Waals surface area (Å²) in [6, 6.07) is 0. The smallest absolute Gasteiger partial charge is 0.305 e. The topological polar surface area (TPSA) is 26.3 Å². The van der Waals surface area contributed by atoms with Gasteiger partial charge in [0.15, 0.2) is 0 Å². The second-order valence-electron chi connectivity index (χ2n) is 11.1. The van der Waals surface area contributed by atoms with Gasteiger partial charge in [-0.2, -0.15) is 0 Å². The monoisotopic (exact) mass is 358 g/mol. The van der Waals surface area contributed by atoms with Crippen molar-refractivity contribution in [2.45, 2.75) is 90.9 Å². The molecule has 0 spiro atoms. The van der Waals surface area contributed by atoms with E-state index in [0.29, 0.717) is 29.8 Å². The molecule has 1 saturated heterocycles. The van der Waals surface area contributed by atoms with Gasteiger partial charge in [0.2, 0.25) is 0 Å². The number of ether oxygens (including phenoxy) is 1. The van der Waals surface area contributed by atoms with Crippen molar-refractivity contribution in [2.24, 2.45) is 46.3 Å². The van der Waals surface area contributed by atoms with Crippen molar-refractivity contribution < 1.29 is 9.53 Å². The van der Waals surface area contributed by atoms with Gasteiger partial charge in [-0.25, -0.2) is 0 Å².